The highest BCUT2D eigenvalue weighted by atomic mass is 79.9. The maximum Gasteiger partial charge on any atom is 0.326 e. The number of carbonyl (C=O) groups is 2. The summed E-state index contributed by atoms with van der Waals surface area (Å²) in [5.74, 6) is -1.28. The summed E-state index contributed by atoms with van der Waals surface area (Å²) in [5.41, 5.74) is 1.93. The van der Waals surface area contributed by atoms with E-state index in [9.17, 15) is 14.7 Å². The van der Waals surface area contributed by atoms with Crippen LogP contribution in [-0.4, -0.2) is 40.6 Å². The largest absolute Gasteiger partial charge is 0.480 e. The number of ether oxygens (including phenoxy) is 1. The van der Waals surface area contributed by atoms with E-state index >= 15 is 0 Å². The average Bonchev–Trinajstić information content (AvgIpc) is 2.43. The van der Waals surface area contributed by atoms with Gasteiger partial charge in [-0.1, -0.05) is 28.1 Å². The molecule has 1 aromatic rings. The maximum absolute atomic E-state index is 12.2. The van der Waals surface area contributed by atoms with Crippen LogP contribution in [0.15, 0.2) is 22.7 Å². The molecule has 0 saturated carbocycles. The number of fused-ring (bicyclic) bond motifs is 1. The smallest absolute Gasteiger partial charge is 0.326 e. The van der Waals surface area contributed by atoms with E-state index in [1.54, 1.807) is 0 Å². The van der Waals surface area contributed by atoms with Crippen LogP contribution in [0.5, 0.6) is 0 Å². The molecule has 0 spiro atoms. The highest BCUT2D eigenvalue weighted by Crippen LogP contribution is 2.29. The van der Waals surface area contributed by atoms with Crippen LogP contribution in [-0.2, 0) is 27.3 Å². The summed E-state index contributed by atoms with van der Waals surface area (Å²) in [6, 6.07) is 4.84. The van der Waals surface area contributed by atoms with Gasteiger partial charge < -0.3 is 14.7 Å². The molecule has 1 atom stereocenters. The van der Waals surface area contributed by atoms with Gasteiger partial charge in [0, 0.05) is 17.4 Å². The minimum atomic E-state index is -0.991. The van der Waals surface area contributed by atoms with E-state index < -0.39 is 12.0 Å². The predicted octanol–water partition coefficient (Wildman–Crippen LogP) is 2.21. The van der Waals surface area contributed by atoms with Crippen LogP contribution in [0.3, 0.4) is 0 Å². The fourth-order valence-electron chi connectivity index (χ4n) is 2.38. The molecule has 1 aliphatic rings. The monoisotopic (exact) mass is 355 g/mol. The Hall–Kier alpha value is -1.40. The van der Waals surface area contributed by atoms with Gasteiger partial charge in [-0.05, 0) is 31.0 Å². The number of amides is 1. The van der Waals surface area contributed by atoms with Gasteiger partial charge in [0.05, 0.1) is 6.10 Å². The average molecular weight is 356 g/mol. The molecule has 1 N–H and O–H groups in total. The van der Waals surface area contributed by atoms with E-state index in [1.807, 2.05) is 32.0 Å². The van der Waals surface area contributed by atoms with Crippen LogP contribution in [0.25, 0.3) is 0 Å². The summed E-state index contributed by atoms with van der Waals surface area (Å²) in [4.78, 5) is 25.1. The van der Waals surface area contributed by atoms with Gasteiger partial charge in [-0.25, -0.2) is 4.79 Å². The number of halogens is 1. The quantitative estimate of drug-likeness (QED) is 0.898. The Balaban J connectivity index is 2.24. The van der Waals surface area contributed by atoms with Gasteiger partial charge in [0.2, 0.25) is 5.91 Å². The van der Waals surface area contributed by atoms with Crippen LogP contribution in [0.1, 0.15) is 25.0 Å². The molecule has 0 radical (unpaired) electrons. The van der Waals surface area contributed by atoms with Crippen LogP contribution in [0, 0.1) is 0 Å². The number of nitrogens with zero attached hydrogens (tertiary/aromatic N) is 1. The van der Waals surface area contributed by atoms with E-state index in [2.05, 4.69) is 15.9 Å². The number of aliphatic carboxylic acids is 1. The molecule has 1 amide bonds. The number of carboxylic acid groups (broad SMARTS) is 1. The topological polar surface area (TPSA) is 66.8 Å². The molecule has 1 aromatic carbocycles. The van der Waals surface area contributed by atoms with Crippen molar-refractivity contribution in [3.8, 4) is 0 Å². The highest BCUT2D eigenvalue weighted by Gasteiger charge is 2.35. The van der Waals surface area contributed by atoms with Crippen molar-refractivity contribution in [3.63, 3.8) is 0 Å². The third kappa shape index (κ3) is 3.63. The molecule has 114 valence electrons. The van der Waals surface area contributed by atoms with Crippen LogP contribution < -0.4 is 0 Å². The first-order valence-electron chi connectivity index (χ1n) is 6.80. The first-order chi connectivity index (χ1) is 9.90. The molecule has 0 bridgehead atoms. The Bertz CT molecular complexity index is 559. The lowest BCUT2D eigenvalue weighted by molar-refractivity contribution is -0.154. The second-order valence-corrected chi connectivity index (χ2v) is 6.17. The molecule has 0 aliphatic carbocycles. The van der Waals surface area contributed by atoms with Gasteiger partial charge in [-0.3, -0.25) is 4.79 Å². The lowest BCUT2D eigenvalue weighted by Crippen LogP contribution is -2.50. The van der Waals surface area contributed by atoms with Gasteiger partial charge >= 0.3 is 5.97 Å². The second-order valence-electron chi connectivity index (χ2n) is 5.32. The van der Waals surface area contributed by atoms with E-state index in [0.29, 0.717) is 13.0 Å². The van der Waals surface area contributed by atoms with Gasteiger partial charge in [0.1, 0.15) is 12.6 Å². The van der Waals surface area contributed by atoms with E-state index in [-0.39, 0.29) is 18.6 Å². The Morgan fingerprint density at radius 2 is 2.19 bits per heavy atom. The summed E-state index contributed by atoms with van der Waals surface area (Å²) < 4.78 is 6.19. The molecule has 2 rings (SSSR count). The van der Waals surface area contributed by atoms with Crippen molar-refractivity contribution in [3.05, 3.63) is 33.8 Å². The zero-order valence-electron chi connectivity index (χ0n) is 12.0. The van der Waals surface area contributed by atoms with Crippen molar-refractivity contribution in [1.29, 1.82) is 0 Å². The van der Waals surface area contributed by atoms with Crippen LogP contribution in [0.2, 0.25) is 0 Å². The molecule has 1 aliphatic heterocycles. The van der Waals surface area contributed by atoms with Crippen LogP contribution in [0.4, 0.5) is 0 Å². The van der Waals surface area contributed by atoms with Crippen molar-refractivity contribution in [1.82, 2.24) is 4.90 Å². The molecule has 1 unspecified atom stereocenters. The minimum Gasteiger partial charge on any atom is -0.480 e. The number of carbonyl (C=O) groups excluding carboxylic acids is 1. The maximum atomic E-state index is 12.2. The number of benzene rings is 1. The molecule has 0 saturated heterocycles. The van der Waals surface area contributed by atoms with Gasteiger partial charge in [0.15, 0.2) is 0 Å². The molecular weight excluding hydrogens is 338 g/mol. The number of hydrogen-bond donors (Lipinski definition) is 1. The van der Waals surface area contributed by atoms with Gasteiger partial charge in [-0.2, -0.15) is 0 Å². The van der Waals surface area contributed by atoms with E-state index in [4.69, 9.17) is 4.74 Å². The second kappa shape index (κ2) is 6.58. The lowest BCUT2D eigenvalue weighted by Gasteiger charge is -2.35. The zero-order chi connectivity index (χ0) is 15.6. The minimum absolute atomic E-state index is 0.0663. The molecule has 5 nitrogen and oxygen atoms in total. The standard InChI is InChI=1S/C15H18BrNO4/c1-9(2)21-8-14(18)17-7-10-4-3-5-12(16)11(10)6-13(17)15(19)20/h3-5,9,13H,6-8H2,1-2H3,(H,19,20). The third-order valence-electron chi connectivity index (χ3n) is 3.48. The van der Waals surface area contributed by atoms with Crippen molar-refractivity contribution < 1.29 is 19.4 Å². The van der Waals surface area contributed by atoms with E-state index in [1.165, 1.54) is 4.90 Å². The van der Waals surface area contributed by atoms with Crippen molar-refractivity contribution >= 4 is 27.8 Å². The molecular formula is C15H18BrNO4. The fraction of sp³-hybridized carbons (Fsp3) is 0.467. The molecule has 1 heterocycles. The number of carboxylic acids is 1. The van der Waals surface area contributed by atoms with E-state index in [0.717, 1.165) is 15.6 Å². The third-order valence-corrected chi connectivity index (χ3v) is 4.22. The first-order valence-corrected chi connectivity index (χ1v) is 7.59. The normalized spacial score (nSPS) is 17.7. The fourth-order valence-corrected chi connectivity index (χ4v) is 2.95. The molecule has 0 fully saturated rings. The summed E-state index contributed by atoms with van der Waals surface area (Å²) in [6.07, 6.45) is 0.239. The highest BCUT2D eigenvalue weighted by molar-refractivity contribution is 9.10. The molecule has 21 heavy (non-hydrogen) atoms. The van der Waals surface area contributed by atoms with Crippen molar-refractivity contribution in [2.24, 2.45) is 0 Å². The lowest BCUT2D eigenvalue weighted by atomic mass is 9.94. The first kappa shape index (κ1) is 16.0. The van der Waals surface area contributed by atoms with Crippen molar-refractivity contribution in [2.45, 2.75) is 39.0 Å². The Labute approximate surface area is 132 Å². The molecule has 0 aromatic heterocycles. The van der Waals surface area contributed by atoms with Crippen LogP contribution >= 0.6 is 15.9 Å². The van der Waals surface area contributed by atoms with Crippen molar-refractivity contribution in [2.75, 3.05) is 6.61 Å². The predicted molar refractivity (Wildman–Crippen MR) is 80.9 cm³/mol. The summed E-state index contributed by atoms with van der Waals surface area (Å²) in [7, 11) is 0. The Kier molecular flexibility index (Phi) is 5.00. The SMILES string of the molecule is CC(C)OCC(=O)N1Cc2cccc(Br)c2CC1C(=O)O. The summed E-state index contributed by atoms with van der Waals surface area (Å²) in [6.45, 7) is 3.88. The Morgan fingerprint density at radius 1 is 1.48 bits per heavy atom. The zero-order valence-corrected chi connectivity index (χ0v) is 13.6. The number of rotatable bonds is 4. The Morgan fingerprint density at radius 3 is 2.81 bits per heavy atom. The van der Waals surface area contributed by atoms with Gasteiger partial charge in [-0.15, -0.1) is 0 Å². The summed E-state index contributed by atoms with van der Waals surface area (Å²) >= 11 is 3.44. The number of hydrogen-bond acceptors (Lipinski definition) is 3. The van der Waals surface area contributed by atoms with Gasteiger partial charge in [0.25, 0.3) is 0 Å². The summed E-state index contributed by atoms with van der Waals surface area (Å²) in [5, 5.41) is 9.40. The molecule has 6 heteroatoms.